The van der Waals surface area contributed by atoms with Crippen LogP contribution in [0.4, 0.5) is 0 Å². The second-order valence-electron chi connectivity index (χ2n) is 6.31. The Morgan fingerprint density at radius 3 is 2.42 bits per heavy atom. The number of ether oxygens (including phenoxy) is 3. The van der Waals surface area contributed by atoms with Gasteiger partial charge in [-0.25, -0.2) is 0 Å². The lowest BCUT2D eigenvalue weighted by molar-refractivity contribution is 0.197. The molecule has 0 bridgehead atoms. The number of benzene rings is 2. The summed E-state index contributed by atoms with van der Waals surface area (Å²) in [5.74, 6) is 2.43. The normalized spacial score (nSPS) is 16.1. The Kier molecular flexibility index (Phi) is 6.36. The minimum Gasteiger partial charge on any atom is -0.497 e. The van der Waals surface area contributed by atoms with Crippen molar-refractivity contribution in [1.82, 2.24) is 10.2 Å². The highest BCUT2D eigenvalue weighted by molar-refractivity contribution is 5.46. The first-order chi connectivity index (χ1) is 12.8. The van der Waals surface area contributed by atoms with Crippen LogP contribution in [0.3, 0.4) is 0 Å². The van der Waals surface area contributed by atoms with E-state index in [1.165, 1.54) is 11.1 Å². The Balaban J connectivity index is 2.02. The Morgan fingerprint density at radius 1 is 0.962 bits per heavy atom. The molecule has 2 aromatic rings. The minimum absolute atomic E-state index is 0.150. The van der Waals surface area contributed by atoms with Crippen molar-refractivity contribution < 1.29 is 14.2 Å². The molecular weight excluding hydrogens is 328 g/mol. The molecule has 1 saturated heterocycles. The number of hydrogen-bond acceptors (Lipinski definition) is 5. The molecule has 1 heterocycles. The minimum atomic E-state index is 0.150. The van der Waals surface area contributed by atoms with Crippen LogP contribution in [0.15, 0.2) is 42.5 Å². The van der Waals surface area contributed by atoms with Gasteiger partial charge in [-0.05, 0) is 42.3 Å². The zero-order valence-corrected chi connectivity index (χ0v) is 15.8. The first kappa shape index (κ1) is 18.5. The zero-order chi connectivity index (χ0) is 18.4. The van der Waals surface area contributed by atoms with E-state index in [0.29, 0.717) is 6.61 Å². The summed E-state index contributed by atoms with van der Waals surface area (Å²) in [5, 5.41) is 3.43. The predicted octanol–water partition coefficient (Wildman–Crippen LogP) is 3.10. The third kappa shape index (κ3) is 4.11. The van der Waals surface area contributed by atoms with Gasteiger partial charge in [0.2, 0.25) is 0 Å². The van der Waals surface area contributed by atoms with Gasteiger partial charge < -0.3 is 19.5 Å². The average molecular weight is 356 g/mol. The Labute approximate surface area is 155 Å². The van der Waals surface area contributed by atoms with E-state index in [1.807, 2.05) is 19.1 Å². The average Bonchev–Trinajstić information content (AvgIpc) is 2.70. The van der Waals surface area contributed by atoms with Gasteiger partial charge in [0.05, 0.1) is 26.9 Å². The molecule has 0 aliphatic carbocycles. The lowest BCUT2D eigenvalue weighted by Gasteiger charge is -2.36. The summed E-state index contributed by atoms with van der Waals surface area (Å²) >= 11 is 0. The van der Waals surface area contributed by atoms with E-state index in [4.69, 9.17) is 14.2 Å². The first-order valence-electron chi connectivity index (χ1n) is 9.16. The molecule has 0 spiro atoms. The van der Waals surface area contributed by atoms with Crippen molar-refractivity contribution in [3.63, 3.8) is 0 Å². The maximum Gasteiger partial charge on any atom is 0.161 e. The summed E-state index contributed by atoms with van der Waals surface area (Å²) in [7, 11) is 3.39. The third-order valence-corrected chi connectivity index (χ3v) is 4.73. The van der Waals surface area contributed by atoms with Crippen LogP contribution in [0.25, 0.3) is 0 Å². The summed E-state index contributed by atoms with van der Waals surface area (Å²) in [6.07, 6.45) is 0. The molecule has 1 atom stereocenters. The summed E-state index contributed by atoms with van der Waals surface area (Å²) < 4.78 is 16.7. The van der Waals surface area contributed by atoms with Gasteiger partial charge in [-0.1, -0.05) is 18.2 Å². The zero-order valence-electron chi connectivity index (χ0n) is 15.8. The van der Waals surface area contributed by atoms with Gasteiger partial charge in [-0.3, -0.25) is 4.90 Å². The van der Waals surface area contributed by atoms with E-state index in [0.717, 1.165) is 43.4 Å². The smallest absolute Gasteiger partial charge is 0.161 e. The van der Waals surface area contributed by atoms with Crippen molar-refractivity contribution in [3.05, 3.63) is 53.6 Å². The number of rotatable bonds is 7. The fourth-order valence-electron chi connectivity index (χ4n) is 3.50. The van der Waals surface area contributed by atoms with Crippen LogP contribution in [0.1, 0.15) is 24.1 Å². The molecule has 3 rings (SSSR count). The monoisotopic (exact) mass is 356 g/mol. The van der Waals surface area contributed by atoms with Gasteiger partial charge in [0.15, 0.2) is 11.5 Å². The van der Waals surface area contributed by atoms with Crippen LogP contribution in [0.5, 0.6) is 17.2 Å². The first-order valence-corrected chi connectivity index (χ1v) is 9.16. The summed E-state index contributed by atoms with van der Waals surface area (Å²) in [6, 6.07) is 14.7. The van der Waals surface area contributed by atoms with Crippen molar-refractivity contribution in [2.75, 3.05) is 47.0 Å². The molecule has 0 radical (unpaired) electrons. The molecule has 0 amide bonds. The van der Waals surface area contributed by atoms with Crippen LogP contribution in [0.2, 0.25) is 0 Å². The van der Waals surface area contributed by atoms with E-state index in [1.54, 1.807) is 14.2 Å². The molecule has 1 N–H and O–H groups in total. The Morgan fingerprint density at radius 2 is 1.73 bits per heavy atom. The van der Waals surface area contributed by atoms with Gasteiger partial charge in [-0.2, -0.15) is 0 Å². The second-order valence-corrected chi connectivity index (χ2v) is 6.31. The summed E-state index contributed by atoms with van der Waals surface area (Å²) in [6.45, 7) is 6.58. The maximum absolute atomic E-state index is 5.68. The standard InChI is InChI=1S/C21H28N2O3/c1-4-26-19-9-8-17(15-20(19)25-3)21(23-12-10-22-11-13-23)16-6-5-7-18(14-16)24-2/h5-9,14-15,21-22H,4,10-13H2,1-3H3. The van der Waals surface area contributed by atoms with E-state index in [2.05, 4.69) is 40.5 Å². The molecule has 1 unspecified atom stereocenters. The SMILES string of the molecule is CCOc1ccc(C(c2cccc(OC)c2)N2CCNCC2)cc1OC. The summed E-state index contributed by atoms with van der Waals surface area (Å²) in [4.78, 5) is 2.50. The molecule has 26 heavy (non-hydrogen) atoms. The molecule has 5 heteroatoms. The molecule has 1 fully saturated rings. The molecule has 0 aromatic heterocycles. The maximum atomic E-state index is 5.68. The lowest BCUT2D eigenvalue weighted by atomic mass is 9.95. The topological polar surface area (TPSA) is 43.0 Å². The van der Waals surface area contributed by atoms with Gasteiger partial charge in [0.1, 0.15) is 5.75 Å². The summed E-state index contributed by atoms with van der Waals surface area (Å²) in [5.41, 5.74) is 2.41. The predicted molar refractivity (Wildman–Crippen MR) is 103 cm³/mol. The van der Waals surface area contributed by atoms with Crippen molar-refractivity contribution in [2.45, 2.75) is 13.0 Å². The molecule has 2 aromatic carbocycles. The number of piperazine rings is 1. The van der Waals surface area contributed by atoms with Gasteiger partial charge in [0.25, 0.3) is 0 Å². The molecule has 1 aliphatic rings. The lowest BCUT2D eigenvalue weighted by Crippen LogP contribution is -2.45. The van der Waals surface area contributed by atoms with Crippen molar-refractivity contribution in [1.29, 1.82) is 0 Å². The molecule has 5 nitrogen and oxygen atoms in total. The number of hydrogen-bond donors (Lipinski definition) is 1. The number of methoxy groups -OCH3 is 2. The molecule has 0 saturated carbocycles. The van der Waals surface area contributed by atoms with Gasteiger partial charge in [0, 0.05) is 26.2 Å². The second kappa shape index (κ2) is 8.92. The van der Waals surface area contributed by atoms with Gasteiger partial charge >= 0.3 is 0 Å². The van der Waals surface area contributed by atoms with Crippen LogP contribution >= 0.6 is 0 Å². The third-order valence-electron chi connectivity index (χ3n) is 4.73. The Bertz CT molecular complexity index is 714. The van der Waals surface area contributed by atoms with Crippen LogP contribution in [0, 0.1) is 0 Å². The van der Waals surface area contributed by atoms with Crippen LogP contribution < -0.4 is 19.5 Å². The molecular formula is C21H28N2O3. The highest BCUT2D eigenvalue weighted by atomic mass is 16.5. The molecule has 1 aliphatic heterocycles. The Hall–Kier alpha value is -2.24. The van der Waals surface area contributed by atoms with Gasteiger partial charge in [-0.15, -0.1) is 0 Å². The fourth-order valence-corrected chi connectivity index (χ4v) is 3.50. The van der Waals surface area contributed by atoms with E-state index in [-0.39, 0.29) is 6.04 Å². The van der Waals surface area contributed by atoms with Crippen molar-refractivity contribution in [2.24, 2.45) is 0 Å². The van der Waals surface area contributed by atoms with Crippen molar-refractivity contribution >= 4 is 0 Å². The fraction of sp³-hybridized carbons (Fsp3) is 0.429. The number of nitrogens with one attached hydrogen (secondary N) is 1. The number of nitrogens with zero attached hydrogens (tertiary/aromatic N) is 1. The highest BCUT2D eigenvalue weighted by Gasteiger charge is 2.25. The highest BCUT2D eigenvalue weighted by Crippen LogP contribution is 2.36. The van der Waals surface area contributed by atoms with E-state index < -0.39 is 0 Å². The van der Waals surface area contributed by atoms with Crippen LogP contribution in [-0.2, 0) is 0 Å². The van der Waals surface area contributed by atoms with E-state index in [9.17, 15) is 0 Å². The largest absolute Gasteiger partial charge is 0.497 e. The van der Waals surface area contributed by atoms with Crippen molar-refractivity contribution in [3.8, 4) is 17.2 Å². The van der Waals surface area contributed by atoms with Crippen LogP contribution in [-0.4, -0.2) is 51.9 Å². The molecule has 140 valence electrons. The quantitative estimate of drug-likeness (QED) is 0.826. The van der Waals surface area contributed by atoms with E-state index >= 15 is 0 Å².